The lowest BCUT2D eigenvalue weighted by atomic mass is 10.4. The molecule has 0 radical (unpaired) electrons. The molecule has 0 aliphatic heterocycles. The van der Waals surface area contributed by atoms with Crippen LogP contribution < -0.4 is 5.73 Å². The predicted molar refractivity (Wildman–Crippen MR) is 79.3 cm³/mol. The third-order valence-electron chi connectivity index (χ3n) is 2.61. The molecule has 8 heteroatoms. The first-order valence-electron chi connectivity index (χ1n) is 5.77. The first-order valence-corrected chi connectivity index (χ1v) is 8.00. The molecule has 0 fully saturated rings. The highest BCUT2D eigenvalue weighted by atomic mass is 79.9. The van der Waals surface area contributed by atoms with E-state index in [2.05, 4.69) is 20.9 Å². The van der Waals surface area contributed by atoms with Crippen LogP contribution in [0.2, 0.25) is 0 Å². The summed E-state index contributed by atoms with van der Waals surface area (Å²) in [6.07, 6.45) is 2.23. The molecule has 0 amide bonds. The smallest absolute Gasteiger partial charge is 0.246 e. The SMILES string of the molecule is CN(C)CCCN(C)S(=O)(=O)c1cc(Br)cnc1N. The maximum Gasteiger partial charge on any atom is 0.246 e. The van der Waals surface area contributed by atoms with Crippen LogP contribution >= 0.6 is 15.9 Å². The summed E-state index contributed by atoms with van der Waals surface area (Å²) in [5, 5.41) is 0. The topological polar surface area (TPSA) is 79.5 Å². The van der Waals surface area contributed by atoms with Gasteiger partial charge in [-0.05, 0) is 49.1 Å². The van der Waals surface area contributed by atoms with Gasteiger partial charge in [0.2, 0.25) is 10.0 Å². The van der Waals surface area contributed by atoms with E-state index in [-0.39, 0.29) is 10.7 Å². The summed E-state index contributed by atoms with van der Waals surface area (Å²) in [6.45, 7) is 1.26. The highest BCUT2D eigenvalue weighted by molar-refractivity contribution is 9.10. The van der Waals surface area contributed by atoms with Crippen molar-refractivity contribution in [2.45, 2.75) is 11.3 Å². The van der Waals surface area contributed by atoms with Crippen LogP contribution in [0.15, 0.2) is 21.6 Å². The van der Waals surface area contributed by atoms with Gasteiger partial charge >= 0.3 is 0 Å². The van der Waals surface area contributed by atoms with Crippen LogP contribution in [-0.2, 0) is 10.0 Å². The van der Waals surface area contributed by atoms with Gasteiger partial charge < -0.3 is 10.6 Å². The normalized spacial score (nSPS) is 12.3. The van der Waals surface area contributed by atoms with E-state index in [1.165, 1.54) is 16.6 Å². The minimum atomic E-state index is -3.59. The molecule has 1 heterocycles. The Labute approximate surface area is 122 Å². The summed E-state index contributed by atoms with van der Waals surface area (Å²) < 4.78 is 26.6. The Morgan fingerprint density at radius 3 is 2.53 bits per heavy atom. The lowest BCUT2D eigenvalue weighted by Crippen LogP contribution is -2.30. The molecule has 1 aromatic heterocycles. The van der Waals surface area contributed by atoms with Gasteiger partial charge in [-0.15, -0.1) is 0 Å². The molecule has 0 saturated carbocycles. The van der Waals surface area contributed by atoms with Crippen molar-refractivity contribution >= 4 is 31.8 Å². The number of anilines is 1. The number of nitrogens with two attached hydrogens (primary N) is 1. The zero-order chi connectivity index (χ0) is 14.6. The molecule has 0 aliphatic carbocycles. The molecule has 6 nitrogen and oxygen atoms in total. The van der Waals surface area contributed by atoms with Gasteiger partial charge in [-0.1, -0.05) is 0 Å². The van der Waals surface area contributed by atoms with Crippen molar-refractivity contribution in [3.63, 3.8) is 0 Å². The molecule has 1 aromatic rings. The number of rotatable bonds is 6. The molecule has 0 saturated heterocycles. The summed E-state index contributed by atoms with van der Waals surface area (Å²) in [5.74, 6) is 0.0164. The van der Waals surface area contributed by atoms with Gasteiger partial charge in [-0.25, -0.2) is 17.7 Å². The lowest BCUT2D eigenvalue weighted by Gasteiger charge is -2.19. The van der Waals surface area contributed by atoms with Gasteiger partial charge in [-0.3, -0.25) is 0 Å². The highest BCUT2D eigenvalue weighted by Gasteiger charge is 2.24. The summed E-state index contributed by atoms with van der Waals surface area (Å²) in [4.78, 5) is 5.90. The molecule has 0 bridgehead atoms. The van der Waals surface area contributed by atoms with Crippen LogP contribution in [0.1, 0.15) is 6.42 Å². The van der Waals surface area contributed by atoms with E-state index >= 15 is 0 Å². The maximum absolute atomic E-state index is 12.4. The van der Waals surface area contributed by atoms with Crippen molar-refractivity contribution in [3.05, 3.63) is 16.7 Å². The lowest BCUT2D eigenvalue weighted by molar-refractivity contribution is 0.370. The average Bonchev–Trinajstić information content (AvgIpc) is 2.31. The molecular weight excluding hydrogens is 332 g/mol. The van der Waals surface area contributed by atoms with Crippen molar-refractivity contribution in [1.82, 2.24) is 14.2 Å². The zero-order valence-electron chi connectivity index (χ0n) is 11.3. The number of hydrogen-bond acceptors (Lipinski definition) is 5. The van der Waals surface area contributed by atoms with Gasteiger partial charge in [-0.2, -0.15) is 0 Å². The summed E-state index contributed by atoms with van der Waals surface area (Å²) in [5.41, 5.74) is 5.64. The number of halogens is 1. The van der Waals surface area contributed by atoms with Crippen molar-refractivity contribution < 1.29 is 8.42 Å². The number of aromatic nitrogens is 1. The molecule has 0 atom stereocenters. The Balaban J connectivity index is 2.88. The van der Waals surface area contributed by atoms with Gasteiger partial charge in [0.05, 0.1) is 0 Å². The Hall–Kier alpha value is -0.700. The molecular formula is C11H19BrN4O2S. The second-order valence-corrected chi connectivity index (χ2v) is 7.45. The van der Waals surface area contributed by atoms with E-state index in [9.17, 15) is 8.42 Å². The molecule has 108 valence electrons. The number of sulfonamides is 1. The van der Waals surface area contributed by atoms with Crippen LogP contribution in [0, 0.1) is 0 Å². The largest absolute Gasteiger partial charge is 0.383 e. The Bertz CT molecular complexity index is 533. The first kappa shape index (κ1) is 16.4. The number of nitrogen functional groups attached to an aromatic ring is 1. The van der Waals surface area contributed by atoms with E-state index in [4.69, 9.17) is 5.73 Å². The molecule has 0 aliphatic rings. The third-order valence-corrected chi connectivity index (χ3v) is 4.93. The van der Waals surface area contributed by atoms with E-state index < -0.39 is 10.0 Å². The van der Waals surface area contributed by atoms with Crippen molar-refractivity contribution in [2.24, 2.45) is 0 Å². The van der Waals surface area contributed by atoms with Gasteiger partial charge in [0, 0.05) is 24.3 Å². The molecule has 0 unspecified atom stereocenters. The summed E-state index contributed by atoms with van der Waals surface area (Å²) in [6, 6.07) is 1.47. The maximum atomic E-state index is 12.4. The van der Waals surface area contributed by atoms with Crippen molar-refractivity contribution in [1.29, 1.82) is 0 Å². The second-order valence-electron chi connectivity index (χ2n) is 4.52. The number of hydrogen-bond donors (Lipinski definition) is 1. The molecule has 0 aromatic carbocycles. The van der Waals surface area contributed by atoms with E-state index in [1.54, 1.807) is 7.05 Å². The minimum Gasteiger partial charge on any atom is -0.383 e. The van der Waals surface area contributed by atoms with Gasteiger partial charge in [0.15, 0.2) is 0 Å². The van der Waals surface area contributed by atoms with Crippen molar-refractivity contribution in [3.8, 4) is 0 Å². The van der Waals surface area contributed by atoms with E-state index in [0.717, 1.165) is 13.0 Å². The van der Waals surface area contributed by atoms with Crippen LogP contribution in [0.3, 0.4) is 0 Å². The Kier molecular flexibility index (Phi) is 5.72. The number of pyridine rings is 1. The van der Waals surface area contributed by atoms with Crippen molar-refractivity contribution in [2.75, 3.05) is 40.0 Å². The first-order chi connectivity index (χ1) is 8.75. The standard InChI is InChI=1S/C11H19BrN4O2S/c1-15(2)5-4-6-16(3)19(17,18)10-7-9(12)8-14-11(10)13/h7-8H,4-6H2,1-3H3,(H2,13,14). The summed E-state index contributed by atoms with van der Waals surface area (Å²) >= 11 is 3.20. The van der Waals surface area contributed by atoms with Crippen LogP contribution in [0.25, 0.3) is 0 Å². The van der Waals surface area contributed by atoms with E-state index in [0.29, 0.717) is 11.0 Å². The van der Waals surface area contributed by atoms with Gasteiger partial charge in [0.1, 0.15) is 10.7 Å². The van der Waals surface area contributed by atoms with Gasteiger partial charge in [0.25, 0.3) is 0 Å². The van der Waals surface area contributed by atoms with Crippen LogP contribution in [0.5, 0.6) is 0 Å². The quantitative estimate of drug-likeness (QED) is 0.827. The Morgan fingerprint density at radius 1 is 1.32 bits per heavy atom. The second kappa shape index (κ2) is 6.65. The predicted octanol–water partition coefficient (Wildman–Crippen LogP) is 0.998. The average molecular weight is 351 g/mol. The molecule has 19 heavy (non-hydrogen) atoms. The van der Waals surface area contributed by atoms with Crippen LogP contribution in [0.4, 0.5) is 5.82 Å². The Morgan fingerprint density at radius 2 is 1.95 bits per heavy atom. The summed E-state index contributed by atoms with van der Waals surface area (Å²) in [7, 11) is 1.85. The highest BCUT2D eigenvalue weighted by Crippen LogP contribution is 2.23. The molecule has 1 rings (SSSR count). The third kappa shape index (κ3) is 4.41. The molecule has 0 spiro atoms. The fourth-order valence-electron chi connectivity index (χ4n) is 1.54. The fourth-order valence-corrected chi connectivity index (χ4v) is 3.32. The fraction of sp³-hybridized carbons (Fsp3) is 0.545. The molecule has 2 N–H and O–H groups in total. The monoisotopic (exact) mass is 350 g/mol. The minimum absolute atomic E-state index is 0.0164. The van der Waals surface area contributed by atoms with E-state index in [1.807, 2.05) is 19.0 Å². The number of nitrogens with zero attached hydrogens (tertiary/aromatic N) is 3. The zero-order valence-corrected chi connectivity index (χ0v) is 13.7. The van der Waals surface area contributed by atoms with Crippen LogP contribution in [-0.4, -0.2) is 56.8 Å².